The van der Waals surface area contributed by atoms with E-state index in [2.05, 4.69) is 14.6 Å². The summed E-state index contributed by atoms with van der Waals surface area (Å²) in [6.07, 6.45) is -1.56. The van der Waals surface area contributed by atoms with Gasteiger partial charge in [-0.1, -0.05) is 41.7 Å². The summed E-state index contributed by atoms with van der Waals surface area (Å²) >= 11 is 1.15. The van der Waals surface area contributed by atoms with Crippen LogP contribution >= 0.6 is 23.7 Å². The average Bonchev–Trinajstić information content (AvgIpc) is 3.21. The normalized spacial score (nSPS) is 14.8. The van der Waals surface area contributed by atoms with Gasteiger partial charge >= 0.3 is 6.36 Å². The summed E-state index contributed by atoms with van der Waals surface area (Å²) < 4.78 is 47.6. The minimum atomic E-state index is -4.77. The van der Waals surface area contributed by atoms with E-state index in [-0.39, 0.29) is 24.1 Å². The number of halogens is 4. The summed E-state index contributed by atoms with van der Waals surface area (Å²) in [6.45, 7) is 3.87. The summed E-state index contributed by atoms with van der Waals surface area (Å²) in [6, 6.07) is 13.4. The first kappa shape index (κ1) is 26.0. The predicted octanol–water partition coefficient (Wildman–Crippen LogP) is 5.00. The minimum absolute atomic E-state index is 0. The van der Waals surface area contributed by atoms with Gasteiger partial charge in [-0.05, 0) is 23.8 Å². The van der Waals surface area contributed by atoms with Crippen LogP contribution in [-0.4, -0.2) is 61.5 Å². The Balaban J connectivity index is 0.00000324. The molecule has 1 aliphatic rings. The smallest absolute Gasteiger partial charge is 0.406 e. The molecule has 6 nitrogen and oxygen atoms in total. The quantitative estimate of drug-likeness (QED) is 0.416. The Morgan fingerprint density at radius 2 is 1.91 bits per heavy atom. The zero-order chi connectivity index (χ0) is 23.3. The van der Waals surface area contributed by atoms with Gasteiger partial charge in [-0.15, -0.1) is 25.6 Å². The third-order valence-electron chi connectivity index (χ3n) is 5.04. The number of aromatic nitrogens is 1. The first-order chi connectivity index (χ1) is 15.9. The van der Waals surface area contributed by atoms with Crippen LogP contribution in [0.25, 0.3) is 16.3 Å². The van der Waals surface area contributed by atoms with E-state index in [1.54, 1.807) is 11.0 Å². The van der Waals surface area contributed by atoms with E-state index < -0.39 is 6.36 Å². The highest BCUT2D eigenvalue weighted by atomic mass is 35.5. The summed E-state index contributed by atoms with van der Waals surface area (Å²) in [4.78, 5) is 21.4. The van der Waals surface area contributed by atoms with E-state index in [9.17, 15) is 18.0 Å². The van der Waals surface area contributed by atoms with Gasteiger partial charge in [0.25, 0.3) is 5.91 Å². The Morgan fingerprint density at radius 1 is 1.18 bits per heavy atom. The van der Waals surface area contributed by atoms with Crippen LogP contribution in [0.15, 0.2) is 54.6 Å². The third kappa shape index (κ3) is 7.17. The Kier molecular flexibility index (Phi) is 8.90. The van der Waals surface area contributed by atoms with Gasteiger partial charge in [0.15, 0.2) is 5.13 Å². The van der Waals surface area contributed by atoms with Gasteiger partial charge < -0.3 is 9.47 Å². The van der Waals surface area contributed by atoms with Crippen LogP contribution in [0.3, 0.4) is 0 Å². The molecule has 1 saturated heterocycles. The first-order valence-corrected chi connectivity index (χ1v) is 11.2. The van der Waals surface area contributed by atoms with Crippen molar-refractivity contribution in [2.24, 2.45) is 0 Å². The molecule has 0 spiro atoms. The van der Waals surface area contributed by atoms with Crippen LogP contribution < -0.4 is 9.64 Å². The second-order valence-electron chi connectivity index (χ2n) is 7.36. The number of amides is 1. The fraction of sp³-hybridized carbons (Fsp3) is 0.304. The number of benzene rings is 2. The van der Waals surface area contributed by atoms with E-state index in [1.165, 1.54) is 24.3 Å². The molecule has 0 saturated carbocycles. The molecule has 3 aromatic rings. The number of carbonyl (C=O) groups is 1. The van der Waals surface area contributed by atoms with Crippen molar-refractivity contribution in [3.8, 4) is 5.75 Å². The van der Waals surface area contributed by atoms with Gasteiger partial charge in [-0.2, -0.15) is 0 Å². The Bertz CT molecular complexity index is 1120. The lowest BCUT2D eigenvalue weighted by Crippen LogP contribution is -2.42. The lowest BCUT2D eigenvalue weighted by Gasteiger charge is -2.28. The zero-order valence-corrected chi connectivity index (χ0v) is 19.7. The fourth-order valence-corrected chi connectivity index (χ4v) is 4.42. The maximum absolute atomic E-state index is 13.1. The standard InChI is InChI=1S/C23H22F3N3O3S.ClH/c24-23(25,26)32-18-7-8-19-20(16-18)33-22(27-19)29(11-10-28-12-14-31-15-13-28)21(30)9-6-17-4-2-1-3-5-17;/h1-9,16H,10-15H2;1H. The molecule has 1 aliphatic heterocycles. The van der Waals surface area contributed by atoms with Crippen molar-refractivity contribution in [3.05, 3.63) is 60.2 Å². The Labute approximate surface area is 205 Å². The molecule has 182 valence electrons. The van der Waals surface area contributed by atoms with Crippen LogP contribution in [0.2, 0.25) is 0 Å². The minimum Gasteiger partial charge on any atom is -0.406 e. The van der Waals surface area contributed by atoms with E-state index >= 15 is 0 Å². The van der Waals surface area contributed by atoms with E-state index in [1.807, 2.05) is 30.3 Å². The second kappa shape index (κ2) is 11.7. The number of hydrogen-bond donors (Lipinski definition) is 0. The molecular formula is C23H23ClF3N3O3S. The molecule has 1 fully saturated rings. The molecule has 0 bridgehead atoms. The van der Waals surface area contributed by atoms with Crippen molar-refractivity contribution in [1.29, 1.82) is 0 Å². The summed E-state index contributed by atoms with van der Waals surface area (Å²) in [5.74, 6) is -0.571. The van der Waals surface area contributed by atoms with E-state index in [0.29, 0.717) is 41.7 Å². The van der Waals surface area contributed by atoms with Gasteiger partial charge in [-0.25, -0.2) is 4.98 Å². The lowest BCUT2D eigenvalue weighted by molar-refractivity contribution is -0.274. The van der Waals surface area contributed by atoms with Gasteiger partial charge in [0.2, 0.25) is 0 Å². The van der Waals surface area contributed by atoms with Gasteiger partial charge in [0.1, 0.15) is 5.75 Å². The van der Waals surface area contributed by atoms with Gasteiger partial charge in [-0.3, -0.25) is 14.6 Å². The number of ether oxygens (including phenoxy) is 2. The van der Waals surface area contributed by atoms with Gasteiger partial charge in [0.05, 0.1) is 23.4 Å². The number of fused-ring (bicyclic) bond motifs is 1. The number of nitrogens with zero attached hydrogens (tertiary/aromatic N) is 3. The summed E-state index contributed by atoms with van der Waals surface area (Å²) in [5.41, 5.74) is 1.39. The van der Waals surface area contributed by atoms with E-state index in [0.717, 1.165) is 30.0 Å². The summed E-state index contributed by atoms with van der Waals surface area (Å²) in [7, 11) is 0. The van der Waals surface area contributed by atoms with Crippen LogP contribution in [0.5, 0.6) is 5.75 Å². The van der Waals surface area contributed by atoms with Crippen molar-refractivity contribution in [3.63, 3.8) is 0 Å². The van der Waals surface area contributed by atoms with Gasteiger partial charge in [0, 0.05) is 38.3 Å². The molecule has 0 unspecified atom stereocenters. The molecule has 4 rings (SSSR count). The van der Waals surface area contributed by atoms with Crippen LogP contribution in [0.1, 0.15) is 5.56 Å². The number of alkyl halides is 3. The molecule has 0 aliphatic carbocycles. The highest BCUT2D eigenvalue weighted by Gasteiger charge is 2.31. The fourth-order valence-electron chi connectivity index (χ4n) is 3.39. The predicted molar refractivity (Wildman–Crippen MR) is 129 cm³/mol. The maximum atomic E-state index is 13.1. The van der Waals surface area contributed by atoms with Crippen LogP contribution in [-0.2, 0) is 9.53 Å². The number of carbonyl (C=O) groups excluding carboxylic acids is 1. The molecule has 2 heterocycles. The number of morpholine rings is 1. The SMILES string of the molecule is Cl.O=C(C=Cc1ccccc1)N(CCN1CCOCC1)c1nc2ccc(OC(F)(F)F)cc2s1. The van der Waals surface area contributed by atoms with Crippen molar-refractivity contribution >= 4 is 51.1 Å². The first-order valence-electron chi connectivity index (χ1n) is 10.4. The molecule has 2 aromatic carbocycles. The number of anilines is 1. The largest absolute Gasteiger partial charge is 0.573 e. The van der Waals surface area contributed by atoms with Crippen molar-refractivity contribution < 1.29 is 27.4 Å². The van der Waals surface area contributed by atoms with E-state index in [4.69, 9.17) is 4.74 Å². The van der Waals surface area contributed by atoms with Crippen molar-refractivity contribution in [1.82, 2.24) is 9.88 Å². The molecule has 0 N–H and O–H groups in total. The second-order valence-corrected chi connectivity index (χ2v) is 8.37. The zero-order valence-electron chi connectivity index (χ0n) is 18.0. The Hall–Kier alpha value is -2.66. The molecule has 0 radical (unpaired) electrons. The third-order valence-corrected chi connectivity index (χ3v) is 6.08. The molecule has 1 aromatic heterocycles. The molecule has 11 heteroatoms. The van der Waals surface area contributed by atoms with Crippen LogP contribution in [0, 0.1) is 0 Å². The molecule has 34 heavy (non-hydrogen) atoms. The average molecular weight is 514 g/mol. The number of rotatable bonds is 7. The van der Waals surface area contributed by atoms with Crippen LogP contribution in [0.4, 0.5) is 18.3 Å². The topological polar surface area (TPSA) is 54.9 Å². The number of thiazole rings is 1. The van der Waals surface area contributed by atoms with Crippen molar-refractivity contribution in [2.75, 3.05) is 44.3 Å². The highest BCUT2D eigenvalue weighted by Crippen LogP contribution is 2.33. The molecule has 0 atom stereocenters. The Morgan fingerprint density at radius 3 is 2.62 bits per heavy atom. The monoisotopic (exact) mass is 513 g/mol. The lowest BCUT2D eigenvalue weighted by atomic mass is 10.2. The summed E-state index contributed by atoms with van der Waals surface area (Å²) in [5, 5.41) is 0.421. The number of hydrogen-bond acceptors (Lipinski definition) is 6. The molecule has 1 amide bonds. The molecular weight excluding hydrogens is 491 g/mol. The maximum Gasteiger partial charge on any atom is 0.573 e. The van der Waals surface area contributed by atoms with Crippen molar-refractivity contribution in [2.45, 2.75) is 6.36 Å². The highest BCUT2D eigenvalue weighted by molar-refractivity contribution is 7.22.